The molecule has 0 spiro atoms. The van der Waals surface area contributed by atoms with Crippen molar-refractivity contribution in [3.8, 4) is 11.4 Å². The van der Waals surface area contributed by atoms with Gasteiger partial charge in [0.1, 0.15) is 5.75 Å². The number of hydrogen-bond donors (Lipinski definition) is 2. The number of nitrogens with one attached hydrogen (secondary N) is 2. The number of rotatable bonds is 7. The number of benzene rings is 2. The van der Waals surface area contributed by atoms with Gasteiger partial charge in [-0.1, -0.05) is 36.4 Å². The summed E-state index contributed by atoms with van der Waals surface area (Å²) in [5.74, 6) is 0.865. The Morgan fingerprint density at radius 3 is 2.55 bits per heavy atom. The Bertz CT molecular complexity index is 933. The number of nitrogens with zero attached hydrogens (tertiary/aromatic N) is 2. The van der Waals surface area contributed by atoms with Gasteiger partial charge in [0.25, 0.3) is 0 Å². The van der Waals surface area contributed by atoms with E-state index in [0.29, 0.717) is 19.2 Å². The van der Waals surface area contributed by atoms with Crippen molar-refractivity contribution in [3.63, 3.8) is 0 Å². The number of carbonyl (C=O) groups excluding carboxylic acids is 1. The number of urea groups is 1. The Kier molecular flexibility index (Phi) is 6.10. The maximum atomic E-state index is 12.2. The average molecular weight is 390 g/mol. The van der Waals surface area contributed by atoms with E-state index in [1.54, 1.807) is 10.9 Å². The highest BCUT2D eigenvalue weighted by atomic mass is 16.5. The summed E-state index contributed by atoms with van der Waals surface area (Å²) in [6.45, 7) is 0.844. The van der Waals surface area contributed by atoms with E-state index >= 15 is 0 Å². The van der Waals surface area contributed by atoms with Crippen LogP contribution in [0.4, 0.5) is 4.79 Å². The molecule has 1 heterocycles. The number of amides is 2. The zero-order valence-corrected chi connectivity index (χ0v) is 16.4. The monoisotopic (exact) mass is 390 g/mol. The standard InChI is InChI=1S/C23H26N4O2/c28-23(24-14-18-15-26-27(17-18)20-9-2-1-3-10-20)25-16-19-8-4-7-13-22(19)29-21-11-5-6-12-21/h1-4,7-10,13,15,17,21H,5-6,11-12,14,16H2,(H2,24,25,28). The van der Waals surface area contributed by atoms with Gasteiger partial charge in [-0.3, -0.25) is 0 Å². The van der Waals surface area contributed by atoms with Crippen molar-refractivity contribution in [2.75, 3.05) is 0 Å². The fourth-order valence-electron chi connectivity index (χ4n) is 3.54. The van der Waals surface area contributed by atoms with Gasteiger partial charge in [-0.25, -0.2) is 9.48 Å². The Morgan fingerprint density at radius 1 is 1.00 bits per heavy atom. The van der Waals surface area contributed by atoms with Crippen LogP contribution in [-0.2, 0) is 13.1 Å². The quantitative estimate of drug-likeness (QED) is 0.635. The van der Waals surface area contributed by atoms with Crippen molar-refractivity contribution in [2.24, 2.45) is 0 Å². The van der Waals surface area contributed by atoms with Gasteiger partial charge in [-0.15, -0.1) is 0 Å². The Morgan fingerprint density at radius 2 is 1.72 bits per heavy atom. The zero-order chi connectivity index (χ0) is 19.9. The second kappa shape index (κ2) is 9.28. The molecule has 1 saturated carbocycles. The molecule has 0 aliphatic heterocycles. The summed E-state index contributed by atoms with van der Waals surface area (Å²) in [6, 6.07) is 17.6. The van der Waals surface area contributed by atoms with Crippen LogP contribution < -0.4 is 15.4 Å². The molecular formula is C23H26N4O2. The molecular weight excluding hydrogens is 364 g/mol. The van der Waals surface area contributed by atoms with Crippen LogP contribution in [0.25, 0.3) is 5.69 Å². The highest BCUT2D eigenvalue weighted by Gasteiger charge is 2.17. The normalized spacial score (nSPS) is 13.9. The van der Waals surface area contributed by atoms with E-state index in [9.17, 15) is 4.79 Å². The third-order valence-corrected chi connectivity index (χ3v) is 5.12. The summed E-state index contributed by atoms with van der Waals surface area (Å²) in [7, 11) is 0. The Labute approximate surface area is 170 Å². The van der Waals surface area contributed by atoms with Gasteiger partial charge in [0.2, 0.25) is 0 Å². The molecule has 0 radical (unpaired) electrons. The second-order valence-corrected chi connectivity index (χ2v) is 7.30. The first-order chi connectivity index (χ1) is 14.3. The third-order valence-electron chi connectivity index (χ3n) is 5.12. The summed E-state index contributed by atoms with van der Waals surface area (Å²) in [5.41, 5.74) is 2.92. The van der Waals surface area contributed by atoms with Crippen LogP contribution in [-0.4, -0.2) is 21.9 Å². The van der Waals surface area contributed by atoms with Crippen LogP contribution in [0.5, 0.6) is 5.75 Å². The minimum absolute atomic E-state index is 0.215. The summed E-state index contributed by atoms with van der Waals surface area (Å²) in [5, 5.41) is 10.1. The molecule has 2 aromatic carbocycles. The fourth-order valence-corrected chi connectivity index (χ4v) is 3.54. The topological polar surface area (TPSA) is 68.2 Å². The lowest BCUT2D eigenvalue weighted by atomic mass is 10.2. The molecule has 1 aliphatic carbocycles. The molecule has 2 N–H and O–H groups in total. The van der Waals surface area contributed by atoms with E-state index in [2.05, 4.69) is 15.7 Å². The van der Waals surface area contributed by atoms with E-state index < -0.39 is 0 Å². The molecule has 1 aliphatic rings. The van der Waals surface area contributed by atoms with E-state index in [1.165, 1.54) is 12.8 Å². The van der Waals surface area contributed by atoms with Crippen LogP contribution in [0.3, 0.4) is 0 Å². The average Bonchev–Trinajstić information content (AvgIpc) is 3.44. The van der Waals surface area contributed by atoms with Crippen molar-refractivity contribution < 1.29 is 9.53 Å². The van der Waals surface area contributed by atoms with Gasteiger partial charge in [-0.2, -0.15) is 5.10 Å². The molecule has 0 bridgehead atoms. The van der Waals surface area contributed by atoms with Crippen LogP contribution in [0, 0.1) is 0 Å². The lowest BCUT2D eigenvalue weighted by molar-refractivity contribution is 0.207. The Balaban J connectivity index is 1.27. The van der Waals surface area contributed by atoms with Crippen molar-refractivity contribution in [3.05, 3.63) is 78.1 Å². The van der Waals surface area contributed by atoms with Crippen molar-refractivity contribution in [2.45, 2.75) is 44.9 Å². The molecule has 1 fully saturated rings. The van der Waals surface area contributed by atoms with Gasteiger partial charge in [0.05, 0.1) is 18.0 Å². The second-order valence-electron chi connectivity index (χ2n) is 7.30. The van der Waals surface area contributed by atoms with Gasteiger partial charge in [-0.05, 0) is 43.9 Å². The molecule has 150 valence electrons. The van der Waals surface area contributed by atoms with Crippen molar-refractivity contribution >= 4 is 6.03 Å². The predicted octanol–water partition coefficient (Wildman–Crippen LogP) is 4.19. The molecule has 1 aromatic heterocycles. The van der Waals surface area contributed by atoms with Crippen LogP contribution in [0.15, 0.2) is 67.0 Å². The molecule has 29 heavy (non-hydrogen) atoms. The largest absolute Gasteiger partial charge is 0.490 e. The number of aromatic nitrogens is 2. The molecule has 4 rings (SSSR count). The highest BCUT2D eigenvalue weighted by molar-refractivity contribution is 5.73. The minimum Gasteiger partial charge on any atom is -0.490 e. The number of para-hydroxylation sites is 2. The Hall–Kier alpha value is -3.28. The van der Waals surface area contributed by atoms with Gasteiger partial charge in [0.15, 0.2) is 0 Å². The van der Waals surface area contributed by atoms with Crippen molar-refractivity contribution in [1.29, 1.82) is 0 Å². The smallest absolute Gasteiger partial charge is 0.315 e. The molecule has 0 atom stereocenters. The first-order valence-electron chi connectivity index (χ1n) is 10.1. The molecule has 2 amide bonds. The van der Waals surface area contributed by atoms with E-state index in [1.807, 2.05) is 60.8 Å². The zero-order valence-electron chi connectivity index (χ0n) is 16.4. The molecule has 6 heteroatoms. The SMILES string of the molecule is O=C(NCc1cnn(-c2ccccc2)c1)NCc1ccccc1OC1CCCC1. The van der Waals surface area contributed by atoms with E-state index in [4.69, 9.17) is 4.74 Å². The minimum atomic E-state index is -0.215. The first kappa shape index (κ1) is 19.1. The van der Waals surface area contributed by atoms with E-state index in [0.717, 1.165) is 35.4 Å². The fraction of sp³-hybridized carbons (Fsp3) is 0.304. The molecule has 3 aromatic rings. The van der Waals surface area contributed by atoms with Gasteiger partial charge in [0, 0.05) is 30.4 Å². The lowest BCUT2D eigenvalue weighted by Crippen LogP contribution is -2.34. The molecule has 0 saturated heterocycles. The summed E-state index contributed by atoms with van der Waals surface area (Å²) in [4.78, 5) is 12.2. The molecule has 6 nitrogen and oxygen atoms in total. The van der Waals surface area contributed by atoms with Gasteiger partial charge >= 0.3 is 6.03 Å². The predicted molar refractivity (Wildman–Crippen MR) is 112 cm³/mol. The maximum absolute atomic E-state index is 12.2. The highest BCUT2D eigenvalue weighted by Crippen LogP contribution is 2.26. The van der Waals surface area contributed by atoms with Crippen molar-refractivity contribution in [1.82, 2.24) is 20.4 Å². The number of carbonyl (C=O) groups is 1. The molecule has 0 unspecified atom stereocenters. The van der Waals surface area contributed by atoms with Crippen LogP contribution in [0.1, 0.15) is 36.8 Å². The summed E-state index contributed by atoms with van der Waals surface area (Å²) in [6.07, 6.45) is 8.66. The number of hydrogen-bond acceptors (Lipinski definition) is 3. The number of ether oxygens (including phenoxy) is 1. The van der Waals surface area contributed by atoms with Crippen LogP contribution >= 0.6 is 0 Å². The third kappa shape index (κ3) is 5.16. The van der Waals surface area contributed by atoms with E-state index in [-0.39, 0.29) is 6.03 Å². The summed E-state index contributed by atoms with van der Waals surface area (Å²) >= 11 is 0. The van der Waals surface area contributed by atoms with Gasteiger partial charge < -0.3 is 15.4 Å². The first-order valence-corrected chi connectivity index (χ1v) is 10.1. The maximum Gasteiger partial charge on any atom is 0.315 e. The summed E-state index contributed by atoms with van der Waals surface area (Å²) < 4.78 is 7.93. The lowest BCUT2D eigenvalue weighted by Gasteiger charge is -2.17. The van der Waals surface area contributed by atoms with Crippen LogP contribution in [0.2, 0.25) is 0 Å².